The van der Waals surface area contributed by atoms with Gasteiger partial charge in [0.25, 0.3) is 10.0 Å². The zero-order valence-electron chi connectivity index (χ0n) is 17.0. The van der Waals surface area contributed by atoms with E-state index in [1.54, 1.807) is 17.5 Å². The van der Waals surface area contributed by atoms with Crippen molar-refractivity contribution in [3.05, 3.63) is 57.4 Å². The van der Waals surface area contributed by atoms with Crippen molar-refractivity contribution in [2.75, 3.05) is 17.5 Å². The van der Waals surface area contributed by atoms with Crippen LogP contribution in [0.5, 0.6) is 0 Å². The molecular formula is C21H20Cl2N2O5S2. The van der Waals surface area contributed by atoms with Crippen molar-refractivity contribution >= 4 is 72.2 Å². The van der Waals surface area contributed by atoms with E-state index in [4.69, 9.17) is 33.7 Å². The van der Waals surface area contributed by atoms with Gasteiger partial charge in [0.2, 0.25) is 5.91 Å². The topological polar surface area (TPSA) is 107 Å². The number of nitrogens with two attached hydrogens (primary N) is 1. The Morgan fingerprint density at radius 3 is 2.44 bits per heavy atom. The summed E-state index contributed by atoms with van der Waals surface area (Å²) in [6.07, 6.45) is 1.49. The van der Waals surface area contributed by atoms with Crippen molar-refractivity contribution in [1.82, 2.24) is 0 Å². The van der Waals surface area contributed by atoms with Crippen molar-refractivity contribution in [3.63, 3.8) is 0 Å². The number of rotatable bonds is 9. The highest BCUT2D eigenvalue weighted by Gasteiger charge is 2.29. The number of benzene rings is 2. The summed E-state index contributed by atoms with van der Waals surface area (Å²) >= 11 is 13.3. The minimum absolute atomic E-state index is 0.140. The van der Waals surface area contributed by atoms with Crippen LogP contribution in [0.2, 0.25) is 10.0 Å². The maximum Gasteiger partial charge on any atom is 0.326 e. The Morgan fingerprint density at radius 2 is 1.81 bits per heavy atom. The number of esters is 1. The van der Waals surface area contributed by atoms with Crippen LogP contribution in [0.25, 0.3) is 10.1 Å². The second-order valence-electron chi connectivity index (χ2n) is 6.88. The molecule has 0 bridgehead atoms. The first kappa shape index (κ1) is 24.3. The van der Waals surface area contributed by atoms with Gasteiger partial charge in [-0.1, -0.05) is 42.6 Å². The smallest absolute Gasteiger partial charge is 0.326 e. The van der Waals surface area contributed by atoms with E-state index in [9.17, 15) is 18.0 Å². The molecular weight excluding hydrogens is 495 g/mol. The highest BCUT2D eigenvalue weighted by molar-refractivity contribution is 7.92. The number of anilines is 1. The number of hydrogen-bond donors (Lipinski definition) is 1. The highest BCUT2D eigenvalue weighted by atomic mass is 35.5. The van der Waals surface area contributed by atoms with Crippen molar-refractivity contribution in [2.24, 2.45) is 5.73 Å². The molecule has 3 aromatic rings. The Bertz CT molecular complexity index is 1250. The fourth-order valence-corrected chi connectivity index (χ4v) is 6.09. The molecule has 1 amide bonds. The van der Waals surface area contributed by atoms with E-state index in [2.05, 4.69) is 0 Å². The number of ether oxygens (including phenoxy) is 1. The normalized spacial score (nSPS) is 11.5. The summed E-state index contributed by atoms with van der Waals surface area (Å²) < 4.78 is 33.7. The summed E-state index contributed by atoms with van der Waals surface area (Å²) in [5.41, 5.74) is 5.96. The molecule has 11 heteroatoms. The van der Waals surface area contributed by atoms with Crippen molar-refractivity contribution in [1.29, 1.82) is 0 Å². The van der Waals surface area contributed by atoms with Gasteiger partial charge in [-0.25, -0.2) is 8.42 Å². The van der Waals surface area contributed by atoms with Gasteiger partial charge in [-0.2, -0.15) is 0 Å². The van der Waals surface area contributed by atoms with E-state index >= 15 is 0 Å². The predicted octanol–water partition coefficient (Wildman–Crippen LogP) is 4.85. The predicted molar refractivity (Wildman–Crippen MR) is 127 cm³/mol. The number of carbonyl (C=O) groups excluding carboxylic acids is 2. The molecule has 0 unspecified atom stereocenters. The van der Waals surface area contributed by atoms with E-state index in [0.29, 0.717) is 22.1 Å². The Morgan fingerprint density at radius 1 is 1.12 bits per heavy atom. The van der Waals surface area contributed by atoms with Gasteiger partial charge in [0.05, 0.1) is 22.8 Å². The van der Waals surface area contributed by atoms with Crippen LogP contribution in [-0.4, -0.2) is 33.4 Å². The molecule has 0 aliphatic rings. The minimum atomic E-state index is -4.23. The average molecular weight is 515 g/mol. The molecule has 1 heterocycles. The first-order valence-corrected chi connectivity index (χ1v) is 12.7. The molecule has 7 nitrogen and oxygen atoms in total. The number of fused-ring (bicyclic) bond motifs is 1. The number of thiophene rings is 1. The summed E-state index contributed by atoms with van der Waals surface area (Å²) in [5.74, 6) is -1.28. The zero-order chi connectivity index (χ0) is 23.5. The van der Waals surface area contributed by atoms with Gasteiger partial charge in [0.1, 0.15) is 6.54 Å². The number of halogens is 2. The van der Waals surface area contributed by atoms with Gasteiger partial charge in [0, 0.05) is 25.5 Å². The molecule has 3 rings (SSSR count). The fourth-order valence-electron chi connectivity index (χ4n) is 2.98. The summed E-state index contributed by atoms with van der Waals surface area (Å²) in [7, 11) is -4.23. The van der Waals surface area contributed by atoms with E-state index in [0.717, 1.165) is 10.7 Å². The molecule has 0 saturated heterocycles. The second-order valence-corrected chi connectivity index (χ2v) is 10.5. The molecule has 2 aromatic carbocycles. The van der Waals surface area contributed by atoms with Gasteiger partial charge < -0.3 is 10.5 Å². The Balaban J connectivity index is 2.07. The quantitative estimate of drug-likeness (QED) is 0.324. The number of unbranched alkanes of at least 4 members (excludes halogenated alkanes) is 1. The standard InChI is InChI=1S/C21H20Cl2N2O5S2/c1-2-3-6-30-20(26)11-25(32(28,29)16-8-13(22)7-14(23)9-16)15-4-5-17-18(21(24)27)12-31-19(17)10-15/h4-5,7-10,12H,2-3,6,11H2,1H3,(H2,24,27). The van der Waals surface area contributed by atoms with Gasteiger partial charge >= 0.3 is 5.97 Å². The number of amides is 1. The summed E-state index contributed by atoms with van der Waals surface area (Å²) in [6.45, 7) is 1.60. The van der Waals surface area contributed by atoms with Crippen molar-refractivity contribution in [2.45, 2.75) is 24.7 Å². The van der Waals surface area contributed by atoms with Gasteiger partial charge in [-0.15, -0.1) is 11.3 Å². The van der Waals surface area contributed by atoms with E-state index < -0.39 is 28.4 Å². The third-order valence-corrected chi connectivity index (χ3v) is 7.70. The monoisotopic (exact) mass is 514 g/mol. The number of sulfonamides is 1. The van der Waals surface area contributed by atoms with Crippen LogP contribution < -0.4 is 10.0 Å². The number of primary amides is 1. The fraction of sp³-hybridized carbons (Fsp3) is 0.238. The molecule has 0 fully saturated rings. The van der Waals surface area contributed by atoms with Crippen LogP contribution in [0.4, 0.5) is 5.69 Å². The summed E-state index contributed by atoms with van der Waals surface area (Å²) in [6, 6.07) is 8.60. The summed E-state index contributed by atoms with van der Waals surface area (Å²) in [4.78, 5) is 23.9. The van der Waals surface area contributed by atoms with Gasteiger partial charge in [-0.3, -0.25) is 13.9 Å². The van der Waals surface area contributed by atoms with Crippen LogP contribution >= 0.6 is 34.5 Å². The Labute approximate surface area is 199 Å². The summed E-state index contributed by atoms with van der Waals surface area (Å²) in [5, 5.41) is 2.48. The highest BCUT2D eigenvalue weighted by Crippen LogP contribution is 2.33. The lowest BCUT2D eigenvalue weighted by Crippen LogP contribution is -2.36. The van der Waals surface area contributed by atoms with Crippen LogP contribution in [0.15, 0.2) is 46.7 Å². The first-order valence-electron chi connectivity index (χ1n) is 9.59. The zero-order valence-corrected chi connectivity index (χ0v) is 20.2. The maximum atomic E-state index is 13.5. The molecule has 0 spiro atoms. The molecule has 0 saturated carbocycles. The Kier molecular flexibility index (Phi) is 7.66. The lowest BCUT2D eigenvalue weighted by atomic mass is 10.1. The van der Waals surface area contributed by atoms with Crippen molar-refractivity contribution < 1.29 is 22.7 Å². The second kappa shape index (κ2) is 10.1. The third-order valence-electron chi connectivity index (χ3n) is 4.57. The third kappa shape index (κ3) is 5.35. The molecule has 0 aliphatic carbocycles. The first-order chi connectivity index (χ1) is 15.1. The molecule has 1 aromatic heterocycles. The van der Waals surface area contributed by atoms with Crippen LogP contribution in [0.3, 0.4) is 0 Å². The molecule has 0 radical (unpaired) electrons. The van der Waals surface area contributed by atoms with Gasteiger partial charge in [0.15, 0.2) is 0 Å². The largest absolute Gasteiger partial charge is 0.464 e. The number of hydrogen-bond acceptors (Lipinski definition) is 6. The number of carbonyl (C=O) groups is 2. The van der Waals surface area contributed by atoms with Gasteiger partial charge in [-0.05, 0) is 36.8 Å². The number of nitrogens with zero attached hydrogens (tertiary/aromatic N) is 1. The molecule has 170 valence electrons. The lowest BCUT2D eigenvalue weighted by Gasteiger charge is -2.24. The Hall–Kier alpha value is -2.33. The molecule has 0 atom stereocenters. The molecule has 0 aliphatic heterocycles. The molecule has 32 heavy (non-hydrogen) atoms. The maximum absolute atomic E-state index is 13.5. The average Bonchev–Trinajstić information content (AvgIpc) is 3.15. The molecule has 2 N–H and O–H groups in total. The van der Waals surface area contributed by atoms with E-state index in [-0.39, 0.29) is 27.2 Å². The van der Waals surface area contributed by atoms with Crippen LogP contribution in [0, 0.1) is 0 Å². The van der Waals surface area contributed by atoms with Crippen LogP contribution in [0.1, 0.15) is 30.1 Å². The SMILES string of the molecule is CCCCOC(=O)CN(c1ccc2c(C(N)=O)csc2c1)S(=O)(=O)c1cc(Cl)cc(Cl)c1. The minimum Gasteiger partial charge on any atom is -0.464 e. The van der Waals surface area contributed by atoms with Crippen LogP contribution in [-0.2, 0) is 19.6 Å². The van der Waals surface area contributed by atoms with Crippen molar-refractivity contribution in [3.8, 4) is 0 Å². The van der Waals surface area contributed by atoms with E-state index in [1.807, 2.05) is 6.92 Å². The van der Waals surface area contributed by atoms with E-state index in [1.165, 1.54) is 35.6 Å². The lowest BCUT2D eigenvalue weighted by molar-refractivity contribution is -0.141.